The van der Waals surface area contributed by atoms with Gasteiger partial charge >= 0.3 is 0 Å². The molecule has 0 aromatic heterocycles. The van der Waals surface area contributed by atoms with E-state index in [2.05, 4.69) is 0 Å². The molecule has 4 heteroatoms. The van der Waals surface area contributed by atoms with Crippen LogP contribution in [-0.2, 0) is 6.54 Å². The van der Waals surface area contributed by atoms with E-state index in [4.69, 9.17) is 17.3 Å². The third-order valence-electron chi connectivity index (χ3n) is 2.76. The Labute approximate surface area is 110 Å². The molecule has 0 fully saturated rings. The van der Waals surface area contributed by atoms with Crippen molar-refractivity contribution in [2.24, 2.45) is 5.73 Å². The highest BCUT2D eigenvalue weighted by atomic mass is 35.5. The molecule has 2 aromatic rings. The number of hydrogen-bond acceptors (Lipinski definition) is 2. The van der Waals surface area contributed by atoms with Crippen molar-refractivity contribution in [3.8, 4) is 0 Å². The summed E-state index contributed by atoms with van der Waals surface area (Å²) in [5, 5.41) is 10.6. The van der Waals surface area contributed by atoms with Crippen LogP contribution in [0.5, 0.6) is 0 Å². The maximum Gasteiger partial charge on any atom is 0.129 e. The van der Waals surface area contributed by atoms with Gasteiger partial charge in [0.05, 0.1) is 0 Å². The second kappa shape index (κ2) is 5.48. The van der Waals surface area contributed by atoms with Crippen LogP contribution in [-0.4, -0.2) is 5.11 Å². The second-order valence-electron chi connectivity index (χ2n) is 4.02. The first-order valence-corrected chi connectivity index (χ1v) is 5.91. The van der Waals surface area contributed by atoms with E-state index in [-0.39, 0.29) is 5.56 Å². The maximum absolute atomic E-state index is 13.6. The first kappa shape index (κ1) is 13.0. The van der Waals surface area contributed by atoms with E-state index < -0.39 is 11.9 Å². The van der Waals surface area contributed by atoms with Gasteiger partial charge in [0.25, 0.3) is 0 Å². The van der Waals surface area contributed by atoms with Crippen LogP contribution in [0.2, 0.25) is 5.02 Å². The van der Waals surface area contributed by atoms with Crippen molar-refractivity contribution in [2.45, 2.75) is 12.6 Å². The summed E-state index contributed by atoms with van der Waals surface area (Å²) < 4.78 is 13.6. The lowest BCUT2D eigenvalue weighted by Gasteiger charge is -2.13. The first-order chi connectivity index (χ1) is 8.61. The van der Waals surface area contributed by atoms with Crippen LogP contribution in [0.25, 0.3) is 0 Å². The molecule has 3 N–H and O–H groups in total. The molecule has 0 saturated carbocycles. The maximum atomic E-state index is 13.6. The fraction of sp³-hybridized carbons (Fsp3) is 0.143. The number of halogens is 2. The zero-order valence-electron chi connectivity index (χ0n) is 9.61. The first-order valence-electron chi connectivity index (χ1n) is 5.53. The van der Waals surface area contributed by atoms with Crippen molar-refractivity contribution in [2.75, 3.05) is 0 Å². The molecular formula is C14H13ClFNO. The molecule has 0 heterocycles. The van der Waals surface area contributed by atoms with Gasteiger partial charge in [-0.05, 0) is 29.3 Å². The summed E-state index contributed by atoms with van der Waals surface area (Å²) in [5.41, 5.74) is 7.18. The zero-order chi connectivity index (χ0) is 13.1. The number of hydrogen-bond donors (Lipinski definition) is 2. The average Bonchev–Trinajstić information content (AvgIpc) is 2.41. The van der Waals surface area contributed by atoms with Crippen LogP contribution in [0.15, 0.2) is 42.5 Å². The quantitative estimate of drug-likeness (QED) is 0.896. The Kier molecular flexibility index (Phi) is 3.97. The van der Waals surface area contributed by atoms with Crippen molar-refractivity contribution in [3.63, 3.8) is 0 Å². The molecule has 94 valence electrons. The molecule has 2 nitrogen and oxygen atoms in total. The van der Waals surface area contributed by atoms with Gasteiger partial charge in [-0.2, -0.15) is 0 Å². The third kappa shape index (κ3) is 2.70. The van der Waals surface area contributed by atoms with Gasteiger partial charge in [0.2, 0.25) is 0 Å². The average molecular weight is 266 g/mol. The summed E-state index contributed by atoms with van der Waals surface area (Å²) in [6.45, 7) is 0.374. The minimum atomic E-state index is -1.05. The van der Waals surface area contributed by atoms with Crippen LogP contribution in [0.3, 0.4) is 0 Å². The van der Waals surface area contributed by atoms with Gasteiger partial charge in [-0.25, -0.2) is 4.39 Å². The number of benzene rings is 2. The molecule has 18 heavy (non-hydrogen) atoms. The number of aliphatic hydroxyl groups excluding tert-OH is 1. The van der Waals surface area contributed by atoms with E-state index >= 15 is 0 Å². The minimum Gasteiger partial charge on any atom is -0.384 e. The summed E-state index contributed by atoms with van der Waals surface area (Å²) in [5.74, 6) is -0.481. The zero-order valence-corrected chi connectivity index (χ0v) is 10.4. The lowest BCUT2D eigenvalue weighted by atomic mass is 9.99. The van der Waals surface area contributed by atoms with Crippen LogP contribution in [0, 0.1) is 5.82 Å². The predicted octanol–water partition coefficient (Wildman–Crippen LogP) is 3.02. The van der Waals surface area contributed by atoms with E-state index in [0.717, 1.165) is 5.56 Å². The van der Waals surface area contributed by atoms with Crippen LogP contribution < -0.4 is 5.73 Å². The Morgan fingerprint density at radius 3 is 2.72 bits per heavy atom. The molecule has 0 amide bonds. The van der Waals surface area contributed by atoms with Gasteiger partial charge in [-0.15, -0.1) is 0 Å². The summed E-state index contributed by atoms with van der Waals surface area (Å²) in [6, 6.07) is 11.2. The third-order valence-corrected chi connectivity index (χ3v) is 2.99. The Morgan fingerprint density at radius 1 is 1.22 bits per heavy atom. The smallest absolute Gasteiger partial charge is 0.129 e. The van der Waals surface area contributed by atoms with E-state index in [9.17, 15) is 9.50 Å². The number of nitrogens with two attached hydrogens (primary N) is 1. The highest BCUT2D eigenvalue weighted by Crippen LogP contribution is 2.27. The van der Waals surface area contributed by atoms with Gasteiger partial charge in [-0.3, -0.25) is 0 Å². The highest BCUT2D eigenvalue weighted by molar-refractivity contribution is 6.30. The molecule has 0 saturated heterocycles. The molecule has 2 aromatic carbocycles. The molecule has 1 unspecified atom stereocenters. The molecule has 0 bridgehead atoms. The lowest BCUT2D eigenvalue weighted by molar-refractivity contribution is 0.215. The SMILES string of the molecule is NCc1cccc(C(O)c2cc(Cl)ccc2F)c1. The van der Waals surface area contributed by atoms with Crippen molar-refractivity contribution in [3.05, 3.63) is 70.0 Å². The van der Waals surface area contributed by atoms with Gasteiger partial charge in [-0.1, -0.05) is 35.9 Å². The van der Waals surface area contributed by atoms with E-state index in [1.807, 2.05) is 6.07 Å². The van der Waals surface area contributed by atoms with Crippen molar-refractivity contribution in [1.82, 2.24) is 0 Å². The Morgan fingerprint density at radius 2 is 2.00 bits per heavy atom. The molecule has 0 radical (unpaired) electrons. The van der Waals surface area contributed by atoms with Gasteiger partial charge in [0.1, 0.15) is 11.9 Å². The molecule has 0 aliphatic heterocycles. The number of rotatable bonds is 3. The summed E-state index contributed by atoms with van der Waals surface area (Å²) in [7, 11) is 0. The van der Waals surface area contributed by atoms with Gasteiger partial charge in [0.15, 0.2) is 0 Å². The normalized spacial score (nSPS) is 12.4. The van der Waals surface area contributed by atoms with Gasteiger partial charge in [0, 0.05) is 17.1 Å². The number of aliphatic hydroxyl groups is 1. The fourth-order valence-electron chi connectivity index (χ4n) is 1.79. The van der Waals surface area contributed by atoms with E-state index in [1.54, 1.807) is 18.2 Å². The second-order valence-corrected chi connectivity index (χ2v) is 4.45. The molecule has 1 atom stereocenters. The molecule has 0 spiro atoms. The van der Waals surface area contributed by atoms with Crippen molar-refractivity contribution in [1.29, 1.82) is 0 Å². The molecular weight excluding hydrogens is 253 g/mol. The minimum absolute atomic E-state index is 0.164. The predicted molar refractivity (Wildman–Crippen MR) is 69.8 cm³/mol. The Balaban J connectivity index is 2.40. The van der Waals surface area contributed by atoms with E-state index in [0.29, 0.717) is 17.1 Å². The fourth-order valence-corrected chi connectivity index (χ4v) is 1.97. The molecule has 0 aliphatic carbocycles. The topological polar surface area (TPSA) is 46.2 Å². The summed E-state index contributed by atoms with van der Waals surface area (Å²) in [6.07, 6.45) is -1.05. The Bertz CT molecular complexity index is 559. The summed E-state index contributed by atoms with van der Waals surface area (Å²) >= 11 is 5.81. The Hall–Kier alpha value is -1.42. The molecule has 0 aliphatic rings. The molecule has 2 rings (SSSR count). The monoisotopic (exact) mass is 265 g/mol. The highest BCUT2D eigenvalue weighted by Gasteiger charge is 2.15. The summed E-state index contributed by atoms with van der Waals surface area (Å²) in [4.78, 5) is 0. The van der Waals surface area contributed by atoms with Crippen molar-refractivity contribution >= 4 is 11.6 Å². The standard InChI is InChI=1S/C14H13ClFNO/c15-11-4-5-13(16)12(7-11)14(18)10-3-1-2-9(6-10)8-17/h1-7,14,18H,8,17H2. The van der Waals surface area contributed by atoms with Crippen LogP contribution in [0.1, 0.15) is 22.8 Å². The lowest BCUT2D eigenvalue weighted by Crippen LogP contribution is -2.04. The van der Waals surface area contributed by atoms with Crippen LogP contribution >= 0.6 is 11.6 Å². The largest absolute Gasteiger partial charge is 0.384 e. The van der Waals surface area contributed by atoms with E-state index in [1.165, 1.54) is 18.2 Å². The van der Waals surface area contributed by atoms with Crippen molar-refractivity contribution < 1.29 is 9.50 Å². The van der Waals surface area contributed by atoms with Crippen LogP contribution in [0.4, 0.5) is 4.39 Å². The van der Waals surface area contributed by atoms with Gasteiger partial charge < -0.3 is 10.8 Å².